The molecule has 0 saturated carbocycles. The van der Waals surface area contributed by atoms with Gasteiger partial charge in [-0.15, -0.1) is 11.3 Å². The van der Waals surface area contributed by atoms with E-state index in [1.807, 2.05) is 0 Å². The summed E-state index contributed by atoms with van der Waals surface area (Å²) in [6.45, 7) is 8.57. The van der Waals surface area contributed by atoms with Gasteiger partial charge in [0.1, 0.15) is 0 Å². The van der Waals surface area contributed by atoms with Gasteiger partial charge in [-0.2, -0.15) is 0 Å². The van der Waals surface area contributed by atoms with Crippen LogP contribution in [0.2, 0.25) is 0 Å². The quantitative estimate of drug-likeness (QED) is 0.321. The Morgan fingerprint density at radius 1 is 1.11 bits per heavy atom. The van der Waals surface area contributed by atoms with Crippen LogP contribution in [0.3, 0.4) is 0 Å². The average molecular weight is 489 g/mol. The second-order valence-corrected chi connectivity index (χ2v) is 11.0. The number of piperazine rings is 1. The highest BCUT2D eigenvalue weighted by molar-refractivity contribution is 7.21. The number of unbranched alkanes of at least 4 members (excludes halogenated alkanes) is 1. The number of amides is 1. The lowest BCUT2D eigenvalue weighted by Gasteiger charge is -2.34. The number of hydrogen-bond donors (Lipinski definition) is 2. The van der Waals surface area contributed by atoms with Crippen molar-refractivity contribution in [2.75, 3.05) is 38.1 Å². The topological polar surface area (TPSA) is 51.4 Å². The van der Waals surface area contributed by atoms with Crippen LogP contribution in [0.15, 0.2) is 48.7 Å². The molecule has 184 valence electrons. The number of fused-ring (bicyclic) bond motifs is 2. The molecule has 5 nitrogen and oxygen atoms in total. The van der Waals surface area contributed by atoms with Crippen molar-refractivity contribution in [2.45, 2.75) is 45.6 Å². The van der Waals surface area contributed by atoms with E-state index in [-0.39, 0.29) is 11.9 Å². The number of aromatic nitrogens is 1. The third kappa shape index (κ3) is 5.09. The molecule has 35 heavy (non-hydrogen) atoms. The van der Waals surface area contributed by atoms with Crippen LogP contribution in [0, 0.1) is 6.92 Å². The highest BCUT2D eigenvalue weighted by atomic mass is 32.1. The molecular weight excluding hydrogens is 452 g/mol. The Labute approximate surface area is 212 Å². The minimum atomic E-state index is 0.0609. The monoisotopic (exact) mass is 488 g/mol. The van der Waals surface area contributed by atoms with E-state index in [4.69, 9.17) is 0 Å². The molecule has 1 aliphatic rings. The van der Waals surface area contributed by atoms with Crippen molar-refractivity contribution < 1.29 is 4.79 Å². The normalized spacial score (nSPS) is 15.7. The first-order chi connectivity index (χ1) is 17.0. The van der Waals surface area contributed by atoms with Gasteiger partial charge in [0.2, 0.25) is 0 Å². The molecule has 2 aromatic heterocycles. The zero-order valence-corrected chi connectivity index (χ0v) is 21.9. The van der Waals surface area contributed by atoms with E-state index < -0.39 is 0 Å². The maximum atomic E-state index is 13.5. The van der Waals surface area contributed by atoms with E-state index in [1.165, 1.54) is 26.7 Å². The third-order valence-corrected chi connectivity index (χ3v) is 8.63. The second-order valence-electron chi connectivity index (χ2n) is 9.90. The minimum Gasteiger partial charge on any atom is -0.369 e. The molecule has 1 unspecified atom stereocenters. The molecule has 5 rings (SSSR count). The number of likely N-dealkylation sites (N-methyl/N-ethyl adjacent to an activating group) is 1. The van der Waals surface area contributed by atoms with Crippen molar-refractivity contribution in [3.8, 4) is 0 Å². The first-order valence-corrected chi connectivity index (χ1v) is 13.7. The van der Waals surface area contributed by atoms with E-state index in [1.54, 1.807) is 11.3 Å². The molecular formula is C29H36N4OS. The number of nitrogens with one attached hydrogen (secondary N) is 2. The maximum Gasteiger partial charge on any atom is 0.261 e. The van der Waals surface area contributed by atoms with Gasteiger partial charge in [-0.05, 0) is 61.5 Å². The third-order valence-electron chi connectivity index (χ3n) is 7.38. The number of nitrogens with zero attached hydrogens (tertiary/aromatic N) is 2. The Kier molecular flexibility index (Phi) is 7.12. The molecule has 0 bridgehead atoms. The molecule has 3 heterocycles. The Morgan fingerprint density at radius 2 is 1.91 bits per heavy atom. The number of benzene rings is 2. The van der Waals surface area contributed by atoms with Crippen LogP contribution >= 0.6 is 11.3 Å². The zero-order chi connectivity index (χ0) is 24.4. The average Bonchev–Trinajstić information content (AvgIpc) is 3.43. The lowest BCUT2D eigenvalue weighted by atomic mass is 10.00. The molecule has 1 atom stereocenters. The number of aryl methyl sites for hydroxylation is 1. The van der Waals surface area contributed by atoms with Gasteiger partial charge in [0.05, 0.1) is 4.88 Å². The number of rotatable bonds is 8. The molecule has 6 heteroatoms. The van der Waals surface area contributed by atoms with Crippen molar-refractivity contribution in [3.05, 3.63) is 64.7 Å². The Balaban J connectivity index is 1.35. The number of carbonyl (C=O) groups excluding carboxylic acids is 1. The summed E-state index contributed by atoms with van der Waals surface area (Å²) < 4.78 is 1.20. The lowest BCUT2D eigenvalue weighted by molar-refractivity contribution is 0.0938. The largest absolute Gasteiger partial charge is 0.369 e. The fourth-order valence-electron chi connectivity index (χ4n) is 5.18. The smallest absolute Gasteiger partial charge is 0.261 e. The molecule has 0 spiro atoms. The van der Waals surface area contributed by atoms with Crippen LogP contribution in [-0.2, 0) is 6.42 Å². The van der Waals surface area contributed by atoms with Crippen molar-refractivity contribution in [2.24, 2.45) is 0 Å². The maximum absolute atomic E-state index is 13.5. The van der Waals surface area contributed by atoms with Gasteiger partial charge in [0.15, 0.2) is 0 Å². The van der Waals surface area contributed by atoms with E-state index >= 15 is 0 Å². The fourth-order valence-corrected chi connectivity index (χ4v) is 6.33. The standard InChI is InChI=1S/C29H36N4OS/c1-4-5-8-22(17-21-19-30-26-10-7-6-9-25(21)26)31-29(34)28-20(2)24-12-11-23(18-27(24)35-28)33-15-13-32(3)14-16-33/h6-7,9-12,18-19,22,30H,4-5,8,13-17H2,1-3H3,(H,31,34). The van der Waals surface area contributed by atoms with Crippen LogP contribution in [0.25, 0.3) is 21.0 Å². The van der Waals surface area contributed by atoms with Gasteiger partial charge in [-0.1, -0.05) is 44.0 Å². The SMILES string of the molecule is CCCCC(Cc1c[nH]c2ccccc12)NC(=O)c1sc2cc(N3CCN(C)CC3)ccc2c1C. The number of aromatic amines is 1. The molecule has 0 radical (unpaired) electrons. The zero-order valence-electron chi connectivity index (χ0n) is 21.1. The molecule has 0 aliphatic carbocycles. The van der Waals surface area contributed by atoms with Crippen LogP contribution in [-0.4, -0.2) is 55.1 Å². The first kappa shape index (κ1) is 23.9. The Morgan fingerprint density at radius 3 is 2.71 bits per heavy atom. The molecule has 1 amide bonds. The van der Waals surface area contributed by atoms with Crippen molar-refractivity contribution >= 4 is 43.9 Å². The summed E-state index contributed by atoms with van der Waals surface area (Å²) in [5, 5.41) is 5.84. The number of hydrogen-bond acceptors (Lipinski definition) is 4. The van der Waals surface area contributed by atoms with Gasteiger partial charge in [-0.25, -0.2) is 0 Å². The minimum absolute atomic E-state index is 0.0609. The number of carbonyl (C=O) groups is 1. The summed E-state index contributed by atoms with van der Waals surface area (Å²) in [4.78, 5) is 22.5. The van der Waals surface area contributed by atoms with Gasteiger partial charge < -0.3 is 20.1 Å². The first-order valence-electron chi connectivity index (χ1n) is 12.9. The molecule has 1 aliphatic heterocycles. The molecule has 1 saturated heterocycles. The van der Waals surface area contributed by atoms with Crippen molar-refractivity contribution in [3.63, 3.8) is 0 Å². The highest BCUT2D eigenvalue weighted by Crippen LogP contribution is 2.34. The highest BCUT2D eigenvalue weighted by Gasteiger charge is 2.21. The predicted octanol–water partition coefficient (Wildman–Crippen LogP) is 5.97. The van der Waals surface area contributed by atoms with Crippen LogP contribution in [0.4, 0.5) is 5.69 Å². The number of anilines is 1. The van der Waals surface area contributed by atoms with Gasteiger partial charge >= 0.3 is 0 Å². The number of thiophene rings is 1. The summed E-state index contributed by atoms with van der Waals surface area (Å²) in [6.07, 6.45) is 6.15. The summed E-state index contributed by atoms with van der Waals surface area (Å²) in [6, 6.07) is 15.2. The fraction of sp³-hybridized carbons (Fsp3) is 0.414. The summed E-state index contributed by atoms with van der Waals surface area (Å²) >= 11 is 1.63. The number of para-hydroxylation sites is 1. The molecule has 2 N–H and O–H groups in total. The van der Waals surface area contributed by atoms with Gasteiger partial charge in [0.25, 0.3) is 5.91 Å². The van der Waals surface area contributed by atoms with E-state index in [2.05, 4.69) is 89.7 Å². The van der Waals surface area contributed by atoms with Crippen LogP contribution in [0.5, 0.6) is 0 Å². The van der Waals surface area contributed by atoms with Crippen molar-refractivity contribution in [1.29, 1.82) is 0 Å². The Bertz CT molecular complexity index is 1310. The van der Waals surface area contributed by atoms with Gasteiger partial charge in [-0.3, -0.25) is 4.79 Å². The predicted molar refractivity (Wildman–Crippen MR) is 149 cm³/mol. The van der Waals surface area contributed by atoms with Crippen LogP contribution < -0.4 is 10.2 Å². The summed E-state index contributed by atoms with van der Waals surface area (Å²) in [5.41, 5.74) is 4.78. The van der Waals surface area contributed by atoms with Crippen LogP contribution in [0.1, 0.15) is 47.0 Å². The van der Waals surface area contributed by atoms with Crippen molar-refractivity contribution in [1.82, 2.24) is 15.2 Å². The summed E-state index contributed by atoms with van der Waals surface area (Å²) in [7, 11) is 2.18. The van der Waals surface area contributed by atoms with E-state index in [0.29, 0.717) is 0 Å². The van der Waals surface area contributed by atoms with E-state index in [0.717, 1.165) is 67.8 Å². The molecule has 2 aromatic carbocycles. The lowest BCUT2D eigenvalue weighted by Crippen LogP contribution is -2.44. The molecule has 1 fully saturated rings. The Hall–Kier alpha value is -2.83. The second kappa shape index (κ2) is 10.4. The van der Waals surface area contributed by atoms with Gasteiger partial charge in [0, 0.05) is 59.7 Å². The molecule has 4 aromatic rings. The van der Waals surface area contributed by atoms with E-state index in [9.17, 15) is 4.79 Å². The summed E-state index contributed by atoms with van der Waals surface area (Å²) in [5.74, 6) is 0.0609. The number of H-pyrrole nitrogens is 1.